The van der Waals surface area contributed by atoms with Crippen molar-refractivity contribution in [2.24, 2.45) is 17.8 Å². The van der Waals surface area contributed by atoms with Crippen LogP contribution in [0.2, 0.25) is 0 Å². The molecule has 0 amide bonds. The van der Waals surface area contributed by atoms with Crippen LogP contribution in [0.25, 0.3) is 11.1 Å². The molecule has 1 aliphatic carbocycles. The van der Waals surface area contributed by atoms with Gasteiger partial charge in [-0.2, -0.15) is 0 Å². The Morgan fingerprint density at radius 1 is 0.757 bits per heavy atom. The van der Waals surface area contributed by atoms with Gasteiger partial charge in [-0.15, -0.1) is 0 Å². The van der Waals surface area contributed by atoms with E-state index in [1.807, 2.05) is 47.8 Å². The predicted octanol–water partition coefficient (Wildman–Crippen LogP) is 18.2. The summed E-state index contributed by atoms with van der Waals surface area (Å²) < 4.78 is 2.45. The van der Waals surface area contributed by atoms with Crippen LogP contribution in [0.5, 0.6) is 0 Å². The molecule has 0 fully saturated rings. The second-order valence-electron chi connectivity index (χ2n) is 19.6. The highest BCUT2D eigenvalue weighted by Gasteiger charge is 2.44. The Balaban J connectivity index is 1.90. The molecular weight excluding hydrogens is 884 g/mol. The number of hydrogen-bond donors (Lipinski definition) is 1. The molecular formula is C65H75BN2S2+. The number of nitrogens with one attached hydrogen (secondary N) is 1. The molecule has 6 rings (SSSR count). The monoisotopic (exact) mass is 959 g/mol. The van der Waals surface area contributed by atoms with Crippen molar-refractivity contribution in [3.05, 3.63) is 254 Å². The second-order valence-corrected chi connectivity index (χ2v) is 21.6. The molecule has 0 saturated heterocycles. The molecule has 359 valence electrons. The van der Waals surface area contributed by atoms with E-state index in [2.05, 4.69) is 221 Å². The van der Waals surface area contributed by atoms with Gasteiger partial charge in [-0.3, -0.25) is 0 Å². The van der Waals surface area contributed by atoms with Crippen LogP contribution >= 0.6 is 23.5 Å². The lowest BCUT2D eigenvalue weighted by molar-refractivity contribution is -0.307. The molecule has 3 aromatic carbocycles. The molecule has 70 heavy (non-hydrogen) atoms. The average molecular weight is 959 g/mol. The summed E-state index contributed by atoms with van der Waals surface area (Å²) in [5, 5.41) is 6.23. The Morgan fingerprint density at radius 3 is 1.99 bits per heavy atom. The minimum Gasteiger partial charge on any atom is -0.357 e. The van der Waals surface area contributed by atoms with Gasteiger partial charge in [-0.1, -0.05) is 239 Å². The molecule has 2 aliphatic heterocycles. The number of allylic oxidation sites excluding steroid dienone is 20. The summed E-state index contributed by atoms with van der Waals surface area (Å²) in [5.74, 6) is 1.51. The van der Waals surface area contributed by atoms with Crippen molar-refractivity contribution < 1.29 is 4.49 Å². The second kappa shape index (κ2) is 25.4. The Hall–Kier alpha value is -5.75. The summed E-state index contributed by atoms with van der Waals surface area (Å²) in [4.78, 5) is 2.66. The standard InChI is InChI=1S/C65H75BN2S2/c1-15-18-30-47(12)56-42-57(50-33-23-21-24-34-50)58(48(13)31-19-16-2)64(69-63-54(45(8)9)38-27-28-39-55(63)46(10)11)67-66-68-61(56)60(51-35-25-22-26-36-51)59(49(14)32-20-17-3)65(68)70-62-52(41-43(4)5)37-29-40-53(62)44(6)7/h15-26,29-38,40,42-46,67H,2-3,13-14,27-28,39,41H2,1,4-12H3/q+1/b18-15-,31-19-,32-20-,47-30+. The first-order valence-corrected chi connectivity index (χ1v) is 26.9. The van der Waals surface area contributed by atoms with E-state index in [9.17, 15) is 0 Å². The zero-order valence-corrected chi connectivity index (χ0v) is 45.3. The fourth-order valence-electron chi connectivity index (χ4n) is 9.35. The third kappa shape index (κ3) is 12.6. The number of benzene rings is 3. The Morgan fingerprint density at radius 2 is 1.40 bits per heavy atom. The number of fused-ring (bicyclic) bond motifs is 1. The molecule has 3 aromatic rings. The van der Waals surface area contributed by atoms with Crippen LogP contribution in [0.3, 0.4) is 0 Å². The molecule has 0 bridgehead atoms. The van der Waals surface area contributed by atoms with Gasteiger partial charge in [-0.25, -0.2) is 4.49 Å². The molecule has 0 aromatic heterocycles. The minimum atomic E-state index is 0.307. The molecule has 2 heterocycles. The summed E-state index contributed by atoms with van der Waals surface area (Å²) >= 11 is 3.74. The van der Waals surface area contributed by atoms with Crippen LogP contribution in [-0.2, 0) is 6.42 Å². The number of nitrogens with zero attached hydrogens (tertiary/aromatic N) is 1. The van der Waals surface area contributed by atoms with Gasteiger partial charge in [0.25, 0.3) is 0 Å². The van der Waals surface area contributed by atoms with Crippen molar-refractivity contribution in [2.45, 2.75) is 106 Å². The van der Waals surface area contributed by atoms with Gasteiger partial charge in [0.05, 0.1) is 16.2 Å². The molecule has 3 aliphatic rings. The molecule has 1 radical (unpaired) electrons. The summed E-state index contributed by atoms with van der Waals surface area (Å²) in [5.41, 5.74) is 17.2. The van der Waals surface area contributed by atoms with Crippen molar-refractivity contribution in [2.75, 3.05) is 0 Å². The van der Waals surface area contributed by atoms with Crippen molar-refractivity contribution in [3.63, 3.8) is 0 Å². The van der Waals surface area contributed by atoms with E-state index in [0.717, 1.165) is 97.2 Å². The quantitative estimate of drug-likeness (QED) is 0.101. The first-order chi connectivity index (χ1) is 33.7. The maximum Gasteiger partial charge on any atom is 0.693 e. The van der Waals surface area contributed by atoms with Gasteiger partial charge in [0.1, 0.15) is 0 Å². The van der Waals surface area contributed by atoms with E-state index in [0.29, 0.717) is 23.7 Å². The Kier molecular flexibility index (Phi) is 19.4. The fraction of sp³-hybridized carbons (Fsp3) is 0.277. The molecule has 0 spiro atoms. The molecule has 1 N–H and O–H groups in total. The summed E-state index contributed by atoms with van der Waals surface area (Å²) in [6.45, 7) is 40.9. The SMILES string of the molecule is C=C/C=C\C(=C)C1=C(c2ccccc2)/C2=C(\C(C)=C\C=C/C)/C=C(c3ccccc3)/C(C(=C)/C=C\C=C)=C(/SC3=C(C(C)C)CCCC=C3C(C)C)N[B][N+]2=C1Sc1c(CC(C)C)cccc1C(C)C. The Labute approximate surface area is 432 Å². The number of thioether (sulfide) groups is 2. The topological polar surface area (TPSA) is 15.0 Å². The van der Waals surface area contributed by atoms with Gasteiger partial charge in [0.2, 0.25) is 5.04 Å². The van der Waals surface area contributed by atoms with Gasteiger partial charge in [0.15, 0.2) is 5.70 Å². The summed E-state index contributed by atoms with van der Waals surface area (Å²) in [6, 6.07) is 28.6. The van der Waals surface area contributed by atoms with Gasteiger partial charge in [0, 0.05) is 20.9 Å². The van der Waals surface area contributed by atoms with Crippen LogP contribution in [-0.4, -0.2) is 17.1 Å². The van der Waals surface area contributed by atoms with E-state index < -0.39 is 0 Å². The van der Waals surface area contributed by atoms with Gasteiger partial charge >= 0.3 is 7.55 Å². The fourth-order valence-corrected chi connectivity index (χ4v) is 12.4. The van der Waals surface area contributed by atoms with Crippen molar-refractivity contribution >= 4 is 47.3 Å². The van der Waals surface area contributed by atoms with Crippen LogP contribution in [0.1, 0.15) is 117 Å². The van der Waals surface area contributed by atoms with Gasteiger partial charge < -0.3 is 5.23 Å². The van der Waals surface area contributed by atoms with Crippen LogP contribution < -0.4 is 5.23 Å². The van der Waals surface area contributed by atoms with Crippen molar-refractivity contribution in [3.8, 4) is 0 Å². The van der Waals surface area contributed by atoms with E-state index in [4.69, 9.17) is 13.2 Å². The maximum absolute atomic E-state index is 4.89. The molecule has 5 heteroatoms. The predicted molar refractivity (Wildman–Crippen MR) is 313 cm³/mol. The summed E-state index contributed by atoms with van der Waals surface area (Å²) in [6.07, 6.45) is 27.6. The zero-order chi connectivity index (χ0) is 50.5. The van der Waals surface area contributed by atoms with Crippen molar-refractivity contribution in [1.82, 2.24) is 5.23 Å². The maximum atomic E-state index is 4.89. The average Bonchev–Trinajstić information content (AvgIpc) is 3.52. The van der Waals surface area contributed by atoms with Crippen LogP contribution in [0.15, 0.2) is 237 Å². The zero-order valence-electron chi connectivity index (χ0n) is 43.7. The smallest absolute Gasteiger partial charge is 0.357 e. The number of hydrogen-bond acceptors (Lipinski definition) is 3. The minimum absolute atomic E-state index is 0.307. The van der Waals surface area contributed by atoms with E-state index in [1.54, 1.807) is 0 Å². The molecule has 0 saturated carbocycles. The highest BCUT2D eigenvalue weighted by atomic mass is 32.2. The molecule has 0 unspecified atom stereocenters. The normalized spacial score (nSPS) is 19.1. The van der Waals surface area contributed by atoms with E-state index >= 15 is 0 Å². The lowest BCUT2D eigenvalue weighted by Crippen LogP contribution is -2.32. The van der Waals surface area contributed by atoms with Crippen molar-refractivity contribution in [1.29, 1.82) is 0 Å². The lowest BCUT2D eigenvalue weighted by atomic mass is 9.87. The largest absolute Gasteiger partial charge is 0.693 e. The third-order valence-electron chi connectivity index (χ3n) is 12.8. The lowest BCUT2D eigenvalue weighted by Gasteiger charge is -2.25. The number of rotatable bonds is 18. The van der Waals surface area contributed by atoms with Crippen LogP contribution in [0, 0.1) is 17.8 Å². The first kappa shape index (κ1) is 53.6. The summed E-state index contributed by atoms with van der Waals surface area (Å²) in [7, 11) is 2.24. The van der Waals surface area contributed by atoms with Gasteiger partial charge in [-0.05, 0) is 131 Å². The third-order valence-corrected chi connectivity index (χ3v) is 15.3. The molecule has 0 atom stereocenters. The van der Waals surface area contributed by atoms with E-state index in [-0.39, 0.29) is 0 Å². The molecule has 2 nitrogen and oxygen atoms in total. The highest BCUT2D eigenvalue weighted by Crippen LogP contribution is 2.50. The van der Waals surface area contributed by atoms with Crippen LogP contribution in [0.4, 0.5) is 0 Å². The Bertz CT molecular complexity index is 2820. The highest BCUT2D eigenvalue weighted by molar-refractivity contribution is 8.14. The first-order valence-electron chi connectivity index (χ1n) is 25.2. The van der Waals surface area contributed by atoms with E-state index in [1.165, 1.54) is 32.1 Å².